The van der Waals surface area contributed by atoms with Gasteiger partial charge in [-0.25, -0.2) is 18.4 Å². The van der Waals surface area contributed by atoms with E-state index in [9.17, 15) is 18.0 Å². The minimum Gasteiger partial charge on any atom is -0.452 e. The minimum absolute atomic E-state index is 0.00596. The lowest BCUT2D eigenvalue weighted by Crippen LogP contribution is -2.38. The monoisotopic (exact) mass is 415 g/mol. The number of ether oxygens (including phenoxy) is 1. The molecule has 0 spiro atoms. The molecule has 10 nitrogen and oxygen atoms in total. The Bertz CT molecular complexity index is 1240. The van der Waals surface area contributed by atoms with Crippen molar-refractivity contribution < 1.29 is 22.7 Å². The molecule has 2 aromatic heterocycles. The molecular formula is C18H17N5O5S. The molecular weight excluding hydrogens is 398 g/mol. The summed E-state index contributed by atoms with van der Waals surface area (Å²) in [6.45, 7) is 1.39. The number of rotatable bonds is 4. The average Bonchev–Trinajstić information content (AvgIpc) is 3.26. The summed E-state index contributed by atoms with van der Waals surface area (Å²) >= 11 is 0. The van der Waals surface area contributed by atoms with Crippen LogP contribution in [0.25, 0.3) is 5.65 Å². The molecule has 1 aliphatic rings. The number of aromatic nitrogens is 3. The highest BCUT2D eigenvalue weighted by Gasteiger charge is 2.32. The van der Waals surface area contributed by atoms with Gasteiger partial charge in [0.2, 0.25) is 10.0 Å². The van der Waals surface area contributed by atoms with Gasteiger partial charge >= 0.3 is 5.97 Å². The van der Waals surface area contributed by atoms with E-state index < -0.39 is 28.5 Å². The van der Waals surface area contributed by atoms with Gasteiger partial charge in [-0.3, -0.25) is 9.20 Å². The third kappa shape index (κ3) is 3.57. The Balaban J connectivity index is 1.48. The van der Waals surface area contributed by atoms with Gasteiger partial charge < -0.3 is 9.64 Å². The number of anilines is 1. The zero-order valence-corrected chi connectivity index (χ0v) is 16.2. The van der Waals surface area contributed by atoms with E-state index >= 15 is 0 Å². The molecule has 0 saturated heterocycles. The Labute approximate surface area is 165 Å². The SMILES string of the molecule is CC1Cc2cc(S(N)(=O)=O)ccc2N1C(=O)COC(=O)c1ccc2nncn2c1. The summed E-state index contributed by atoms with van der Waals surface area (Å²) in [5, 5.41) is 12.8. The molecule has 0 fully saturated rings. The number of sulfonamides is 1. The molecule has 11 heteroatoms. The van der Waals surface area contributed by atoms with Crippen LogP contribution in [0.2, 0.25) is 0 Å². The van der Waals surface area contributed by atoms with Gasteiger partial charge in [0.05, 0.1) is 10.5 Å². The molecule has 0 bridgehead atoms. The van der Waals surface area contributed by atoms with Crippen LogP contribution in [-0.2, 0) is 26.0 Å². The topological polar surface area (TPSA) is 137 Å². The zero-order valence-electron chi connectivity index (χ0n) is 15.3. The molecule has 3 heterocycles. The van der Waals surface area contributed by atoms with Crippen molar-refractivity contribution in [3.05, 3.63) is 54.0 Å². The van der Waals surface area contributed by atoms with Crippen molar-refractivity contribution in [2.45, 2.75) is 24.3 Å². The summed E-state index contributed by atoms with van der Waals surface area (Å²) < 4.78 is 29.8. The van der Waals surface area contributed by atoms with Crippen LogP contribution in [0.3, 0.4) is 0 Å². The van der Waals surface area contributed by atoms with Crippen LogP contribution in [-0.4, -0.2) is 47.5 Å². The standard InChI is InChI=1S/C18H17N5O5S/c1-11-6-13-7-14(29(19,26)27)3-4-15(13)23(11)17(24)9-28-18(25)12-2-5-16-21-20-10-22(16)8-12/h2-5,7-8,10-11H,6,9H2,1H3,(H2,19,26,27). The van der Waals surface area contributed by atoms with Gasteiger partial charge in [-0.1, -0.05) is 0 Å². The fraction of sp³-hybridized carbons (Fsp3) is 0.222. The number of nitrogens with two attached hydrogens (primary N) is 1. The van der Waals surface area contributed by atoms with Crippen molar-refractivity contribution in [1.29, 1.82) is 0 Å². The number of nitrogens with zero attached hydrogens (tertiary/aromatic N) is 4. The molecule has 4 rings (SSSR count). The third-order valence-corrected chi connectivity index (χ3v) is 5.63. The Morgan fingerprint density at radius 1 is 1.28 bits per heavy atom. The number of hydrogen-bond acceptors (Lipinski definition) is 7. The van der Waals surface area contributed by atoms with Crippen molar-refractivity contribution in [2.75, 3.05) is 11.5 Å². The number of amides is 1. The van der Waals surface area contributed by atoms with Gasteiger partial charge in [-0.05, 0) is 49.2 Å². The number of benzene rings is 1. The summed E-state index contributed by atoms with van der Waals surface area (Å²) in [7, 11) is -3.83. The first-order valence-electron chi connectivity index (χ1n) is 8.68. The zero-order chi connectivity index (χ0) is 20.8. The molecule has 150 valence electrons. The smallest absolute Gasteiger partial charge is 0.340 e. The van der Waals surface area contributed by atoms with Crippen LogP contribution in [0.1, 0.15) is 22.8 Å². The second-order valence-corrected chi connectivity index (χ2v) is 8.30. The number of carbonyl (C=O) groups excluding carboxylic acids is 2. The lowest BCUT2D eigenvalue weighted by Gasteiger charge is -2.22. The first-order valence-corrected chi connectivity index (χ1v) is 10.2. The number of pyridine rings is 1. The normalized spacial score (nSPS) is 16.1. The summed E-state index contributed by atoms with van der Waals surface area (Å²) in [5.74, 6) is -1.05. The molecule has 3 aromatic rings. The van der Waals surface area contributed by atoms with E-state index in [1.54, 1.807) is 16.5 Å². The molecule has 0 radical (unpaired) electrons. The maximum Gasteiger partial charge on any atom is 0.340 e. The summed E-state index contributed by atoms with van der Waals surface area (Å²) in [4.78, 5) is 26.5. The molecule has 1 unspecified atom stereocenters. The van der Waals surface area contributed by atoms with Crippen molar-refractivity contribution in [1.82, 2.24) is 14.6 Å². The fourth-order valence-electron chi connectivity index (χ4n) is 3.39. The molecule has 1 atom stereocenters. The first-order chi connectivity index (χ1) is 13.7. The molecule has 0 saturated carbocycles. The first kappa shape index (κ1) is 19.0. The van der Waals surface area contributed by atoms with Crippen LogP contribution in [0.5, 0.6) is 0 Å². The van der Waals surface area contributed by atoms with Crippen LogP contribution in [0.15, 0.2) is 47.8 Å². The van der Waals surface area contributed by atoms with Crippen LogP contribution >= 0.6 is 0 Å². The highest BCUT2D eigenvalue weighted by atomic mass is 32.2. The average molecular weight is 415 g/mol. The van der Waals surface area contributed by atoms with E-state index in [0.717, 1.165) is 0 Å². The molecule has 1 aliphatic heterocycles. The highest BCUT2D eigenvalue weighted by molar-refractivity contribution is 7.89. The van der Waals surface area contributed by atoms with Crippen molar-refractivity contribution in [2.24, 2.45) is 5.14 Å². The second kappa shape index (κ2) is 6.94. The molecule has 2 N–H and O–H groups in total. The molecule has 0 aliphatic carbocycles. The summed E-state index contributed by atoms with van der Waals surface area (Å²) in [5.41, 5.74) is 2.12. The Morgan fingerprint density at radius 2 is 2.07 bits per heavy atom. The maximum atomic E-state index is 12.7. The second-order valence-electron chi connectivity index (χ2n) is 6.74. The molecule has 1 amide bonds. The van der Waals surface area contributed by atoms with Gasteiger partial charge in [0.1, 0.15) is 6.33 Å². The number of fused-ring (bicyclic) bond motifs is 2. The summed E-state index contributed by atoms with van der Waals surface area (Å²) in [6, 6.07) is 7.31. The van der Waals surface area contributed by atoms with Gasteiger partial charge in [0.25, 0.3) is 5.91 Å². The van der Waals surface area contributed by atoms with E-state index in [1.807, 2.05) is 6.92 Å². The van der Waals surface area contributed by atoms with Crippen LogP contribution in [0, 0.1) is 0 Å². The minimum atomic E-state index is -3.83. The van der Waals surface area contributed by atoms with E-state index in [4.69, 9.17) is 9.88 Å². The lowest BCUT2D eigenvalue weighted by molar-refractivity contribution is -0.122. The Kier molecular flexibility index (Phi) is 4.55. The van der Waals surface area contributed by atoms with Gasteiger partial charge in [-0.2, -0.15) is 0 Å². The maximum absolute atomic E-state index is 12.7. The van der Waals surface area contributed by atoms with E-state index in [2.05, 4.69) is 10.2 Å². The fourth-order valence-corrected chi connectivity index (χ4v) is 3.96. The van der Waals surface area contributed by atoms with Crippen molar-refractivity contribution >= 4 is 33.2 Å². The number of primary sulfonamides is 1. The van der Waals surface area contributed by atoms with Crippen LogP contribution < -0.4 is 10.0 Å². The van der Waals surface area contributed by atoms with Gasteiger partial charge in [0, 0.05) is 17.9 Å². The van der Waals surface area contributed by atoms with E-state index in [1.165, 1.54) is 35.6 Å². The predicted octanol–water partition coefficient (Wildman–Crippen LogP) is 0.511. The Hall–Kier alpha value is -3.31. The third-order valence-electron chi connectivity index (χ3n) is 4.72. The molecule has 1 aromatic carbocycles. The lowest BCUT2D eigenvalue weighted by atomic mass is 10.1. The number of esters is 1. The largest absolute Gasteiger partial charge is 0.452 e. The van der Waals surface area contributed by atoms with Crippen molar-refractivity contribution in [3.8, 4) is 0 Å². The highest BCUT2D eigenvalue weighted by Crippen LogP contribution is 2.33. The summed E-state index contributed by atoms with van der Waals surface area (Å²) in [6.07, 6.45) is 3.45. The number of carbonyl (C=O) groups is 2. The van der Waals surface area contributed by atoms with Gasteiger partial charge in [0.15, 0.2) is 12.3 Å². The van der Waals surface area contributed by atoms with Crippen molar-refractivity contribution in [3.63, 3.8) is 0 Å². The predicted molar refractivity (Wildman–Crippen MR) is 102 cm³/mol. The van der Waals surface area contributed by atoms with E-state index in [-0.39, 0.29) is 16.5 Å². The number of hydrogen-bond donors (Lipinski definition) is 1. The van der Waals surface area contributed by atoms with E-state index in [0.29, 0.717) is 23.3 Å². The van der Waals surface area contributed by atoms with Gasteiger partial charge in [-0.15, -0.1) is 10.2 Å². The Morgan fingerprint density at radius 3 is 2.83 bits per heavy atom. The van der Waals surface area contributed by atoms with Crippen LogP contribution in [0.4, 0.5) is 5.69 Å². The quantitative estimate of drug-likeness (QED) is 0.613. The molecule has 29 heavy (non-hydrogen) atoms.